The maximum atomic E-state index is 10.0. The number of phenolic OH excluding ortho intramolecular Hbond substituents is 1. The predicted octanol–water partition coefficient (Wildman–Crippen LogP) is 3.90. The summed E-state index contributed by atoms with van der Waals surface area (Å²) >= 11 is 5.93. The van der Waals surface area contributed by atoms with Crippen LogP contribution < -0.4 is 0 Å². The number of aromatic amines is 1. The molecule has 0 aliphatic carbocycles. The van der Waals surface area contributed by atoms with Crippen molar-refractivity contribution in [3.63, 3.8) is 0 Å². The number of aryl methyl sites for hydroxylation is 1. The van der Waals surface area contributed by atoms with E-state index in [1.54, 1.807) is 6.07 Å². The van der Waals surface area contributed by atoms with Crippen molar-refractivity contribution in [1.29, 1.82) is 0 Å². The lowest BCUT2D eigenvalue weighted by Crippen LogP contribution is -1.83. The second kappa shape index (κ2) is 4.03. The number of para-hydroxylation sites is 1. The average Bonchev–Trinajstić information content (AvgIpc) is 2.75. The van der Waals surface area contributed by atoms with Crippen molar-refractivity contribution in [2.24, 2.45) is 0 Å². The first-order valence-electron chi connectivity index (χ1n) is 5.59. The first-order chi connectivity index (χ1) is 8.65. The summed E-state index contributed by atoms with van der Waals surface area (Å²) < 4.78 is 0. The minimum atomic E-state index is 0.252. The van der Waals surface area contributed by atoms with Crippen molar-refractivity contribution >= 4 is 22.6 Å². The Labute approximate surface area is 109 Å². The molecule has 1 aromatic heterocycles. The Kier molecular flexibility index (Phi) is 2.49. The van der Waals surface area contributed by atoms with E-state index in [1.165, 1.54) is 0 Å². The normalized spacial score (nSPS) is 11.0. The molecule has 0 fully saturated rings. The molecule has 0 unspecified atom stereocenters. The van der Waals surface area contributed by atoms with Gasteiger partial charge < -0.3 is 10.1 Å². The molecule has 90 valence electrons. The molecular weight excluding hydrogens is 248 g/mol. The molecule has 3 aromatic rings. The number of H-pyrrole nitrogens is 1. The Morgan fingerprint density at radius 2 is 2.06 bits per heavy atom. The zero-order valence-corrected chi connectivity index (χ0v) is 10.5. The third-order valence-corrected chi connectivity index (χ3v) is 3.17. The van der Waals surface area contributed by atoms with E-state index in [0.717, 1.165) is 16.6 Å². The first kappa shape index (κ1) is 11.1. The number of phenols is 1. The maximum absolute atomic E-state index is 10.0. The second-order valence-corrected chi connectivity index (χ2v) is 4.65. The summed E-state index contributed by atoms with van der Waals surface area (Å²) in [4.78, 5) is 7.62. The van der Waals surface area contributed by atoms with Gasteiger partial charge in [-0.25, -0.2) is 4.98 Å². The molecule has 0 saturated heterocycles. The fraction of sp³-hybridized carbons (Fsp3) is 0.0714. The number of rotatable bonds is 1. The number of nitrogens with one attached hydrogen (secondary N) is 1. The third-order valence-electron chi connectivity index (χ3n) is 2.94. The molecule has 18 heavy (non-hydrogen) atoms. The molecule has 0 atom stereocenters. The lowest BCUT2D eigenvalue weighted by atomic mass is 10.1. The Hall–Kier alpha value is -2.00. The van der Waals surface area contributed by atoms with Crippen LogP contribution in [0.4, 0.5) is 0 Å². The van der Waals surface area contributed by atoms with E-state index >= 15 is 0 Å². The van der Waals surface area contributed by atoms with Gasteiger partial charge in [0.2, 0.25) is 0 Å². The zero-order chi connectivity index (χ0) is 12.7. The summed E-state index contributed by atoms with van der Waals surface area (Å²) in [7, 11) is 0. The first-order valence-corrected chi connectivity index (χ1v) is 5.97. The number of fused-ring (bicyclic) bond motifs is 1. The van der Waals surface area contributed by atoms with Crippen LogP contribution in [0.3, 0.4) is 0 Å². The van der Waals surface area contributed by atoms with E-state index in [1.807, 2.05) is 37.3 Å². The van der Waals surface area contributed by atoms with Gasteiger partial charge in [-0.1, -0.05) is 23.7 Å². The van der Waals surface area contributed by atoms with Gasteiger partial charge in [0, 0.05) is 5.02 Å². The minimum absolute atomic E-state index is 0.252. The Morgan fingerprint density at radius 3 is 2.89 bits per heavy atom. The van der Waals surface area contributed by atoms with Crippen LogP contribution in [0, 0.1) is 6.92 Å². The van der Waals surface area contributed by atoms with Gasteiger partial charge in [0.15, 0.2) is 0 Å². The lowest BCUT2D eigenvalue weighted by molar-refractivity contribution is 0.473. The molecule has 0 saturated carbocycles. The molecule has 0 bridgehead atoms. The molecule has 4 heteroatoms. The number of aromatic nitrogens is 2. The lowest BCUT2D eigenvalue weighted by Gasteiger charge is -2.03. The Bertz CT molecular complexity index is 734. The third kappa shape index (κ3) is 1.73. The monoisotopic (exact) mass is 258 g/mol. The van der Waals surface area contributed by atoms with Crippen molar-refractivity contribution in [2.75, 3.05) is 0 Å². The Balaban J connectivity index is 2.22. The maximum Gasteiger partial charge on any atom is 0.142 e. The van der Waals surface area contributed by atoms with Crippen LogP contribution in [0.5, 0.6) is 5.75 Å². The number of imidazole rings is 1. The molecule has 1 heterocycles. The average molecular weight is 259 g/mol. The van der Waals surface area contributed by atoms with Gasteiger partial charge in [-0.05, 0) is 36.8 Å². The van der Waals surface area contributed by atoms with Crippen LogP contribution in [-0.2, 0) is 0 Å². The molecule has 3 nitrogen and oxygen atoms in total. The van der Waals surface area contributed by atoms with Gasteiger partial charge >= 0.3 is 0 Å². The highest BCUT2D eigenvalue weighted by molar-refractivity contribution is 6.31. The molecule has 0 spiro atoms. The minimum Gasteiger partial charge on any atom is -0.507 e. The number of hydrogen-bond acceptors (Lipinski definition) is 2. The summed E-state index contributed by atoms with van der Waals surface area (Å²) in [6.45, 7) is 1.86. The number of aromatic hydroxyl groups is 1. The van der Waals surface area contributed by atoms with E-state index in [4.69, 9.17) is 11.6 Å². The summed E-state index contributed by atoms with van der Waals surface area (Å²) in [6.07, 6.45) is 0. The summed E-state index contributed by atoms with van der Waals surface area (Å²) in [6, 6.07) is 11.1. The van der Waals surface area contributed by atoms with Gasteiger partial charge in [0.25, 0.3) is 0 Å². The van der Waals surface area contributed by atoms with Gasteiger partial charge in [0.1, 0.15) is 11.6 Å². The van der Waals surface area contributed by atoms with E-state index in [-0.39, 0.29) is 5.75 Å². The predicted molar refractivity (Wildman–Crippen MR) is 72.9 cm³/mol. The summed E-state index contributed by atoms with van der Waals surface area (Å²) in [5.74, 6) is 0.899. The van der Waals surface area contributed by atoms with E-state index in [9.17, 15) is 5.11 Å². The highest BCUT2D eigenvalue weighted by atomic mass is 35.5. The standard InChI is InChI=1S/C14H11ClN2O/c1-8-3-2-4-10(13(8)18)14-16-11-6-5-9(15)7-12(11)17-14/h2-7,18H,1H3,(H,16,17). The summed E-state index contributed by atoms with van der Waals surface area (Å²) in [5.41, 5.74) is 3.21. The molecule has 2 aromatic carbocycles. The number of halogens is 1. The van der Waals surface area contributed by atoms with Gasteiger partial charge in [0.05, 0.1) is 16.6 Å². The van der Waals surface area contributed by atoms with Crippen LogP contribution in [-0.4, -0.2) is 15.1 Å². The highest BCUT2D eigenvalue weighted by Gasteiger charge is 2.10. The fourth-order valence-corrected chi connectivity index (χ4v) is 2.13. The molecule has 2 N–H and O–H groups in total. The van der Waals surface area contributed by atoms with Crippen LogP contribution in [0.1, 0.15) is 5.56 Å². The quantitative estimate of drug-likeness (QED) is 0.695. The van der Waals surface area contributed by atoms with Crippen LogP contribution in [0.2, 0.25) is 5.02 Å². The molecule has 0 aliphatic rings. The number of nitrogens with zero attached hydrogens (tertiary/aromatic N) is 1. The van der Waals surface area contributed by atoms with Gasteiger partial charge in [-0.3, -0.25) is 0 Å². The number of benzene rings is 2. The van der Waals surface area contributed by atoms with E-state index in [0.29, 0.717) is 16.4 Å². The van der Waals surface area contributed by atoms with Crippen LogP contribution in [0.25, 0.3) is 22.4 Å². The molecule has 3 rings (SSSR count). The largest absolute Gasteiger partial charge is 0.507 e. The second-order valence-electron chi connectivity index (χ2n) is 4.22. The van der Waals surface area contributed by atoms with Gasteiger partial charge in [-0.2, -0.15) is 0 Å². The SMILES string of the molecule is Cc1cccc(-c2nc3ccc(Cl)cc3[nH]2)c1O. The molecule has 0 radical (unpaired) electrons. The Morgan fingerprint density at radius 1 is 1.22 bits per heavy atom. The number of hydrogen-bond donors (Lipinski definition) is 2. The van der Waals surface area contributed by atoms with Crippen molar-refractivity contribution in [2.45, 2.75) is 6.92 Å². The highest BCUT2D eigenvalue weighted by Crippen LogP contribution is 2.31. The molecule has 0 amide bonds. The van der Waals surface area contributed by atoms with E-state index < -0.39 is 0 Å². The smallest absolute Gasteiger partial charge is 0.142 e. The van der Waals surface area contributed by atoms with E-state index in [2.05, 4.69) is 9.97 Å². The zero-order valence-electron chi connectivity index (χ0n) is 9.74. The van der Waals surface area contributed by atoms with Crippen LogP contribution >= 0.6 is 11.6 Å². The summed E-state index contributed by atoms with van der Waals surface area (Å²) in [5, 5.41) is 10.7. The van der Waals surface area contributed by atoms with Crippen molar-refractivity contribution in [3.05, 3.63) is 47.0 Å². The molecule has 0 aliphatic heterocycles. The van der Waals surface area contributed by atoms with Crippen LogP contribution in [0.15, 0.2) is 36.4 Å². The fourth-order valence-electron chi connectivity index (χ4n) is 1.96. The topological polar surface area (TPSA) is 48.9 Å². The van der Waals surface area contributed by atoms with Gasteiger partial charge in [-0.15, -0.1) is 0 Å². The van der Waals surface area contributed by atoms with Crippen molar-refractivity contribution < 1.29 is 5.11 Å². The van der Waals surface area contributed by atoms with Crippen molar-refractivity contribution in [1.82, 2.24) is 9.97 Å². The van der Waals surface area contributed by atoms with Crippen molar-refractivity contribution in [3.8, 4) is 17.1 Å². The molecular formula is C14H11ClN2O.